The van der Waals surface area contributed by atoms with Gasteiger partial charge in [0, 0.05) is 12.0 Å². The summed E-state index contributed by atoms with van der Waals surface area (Å²) in [5.74, 6) is -0.420. The van der Waals surface area contributed by atoms with Gasteiger partial charge in [-0.1, -0.05) is 36.4 Å². The number of fused-ring (bicyclic) bond motifs is 1. The minimum absolute atomic E-state index is 0.0124. The van der Waals surface area contributed by atoms with E-state index in [0.717, 1.165) is 5.56 Å². The number of aryl methyl sites for hydroxylation is 1. The second kappa shape index (κ2) is 7.74. The number of nitrogens with one attached hydrogen (secondary N) is 1. The molecule has 132 valence electrons. The average Bonchev–Trinajstić information content (AvgIpc) is 2.65. The van der Waals surface area contributed by atoms with Crippen LogP contribution >= 0.6 is 0 Å². The van der Waals surface area contributed by atoms with Crippen molar-refractivity contribution in [2.75, 3.05) is 0 Å². The van der Waals surface area contributed by atoms with Crippen LogP contribution in [0.1, 0.15) is 35.0 Å². The normalized spacial score (nSPS) is 10.7. The Bertz CT molecular complexity index is 1010. The molecule has 0 saturated carbocycles. The van der Waals surface area contributed by atoms with Crippen LogP contribution in [0.15, 0.2) is 53.3 Å². The molecule has 0 aliphatic carbocycles. The molecule has 0 spiro atoms. The van der Waals surface area contributed by atoms with E-state index in [2.05, 4.69) is 9.97 Å². The number of benzene rings is 2. The van der Waals surface area contributed by atoms with Gasteiger partial charge in [0.1, 0.15) is 12.3 Å². The van der Waals surface area contributed by atoms with Crippen LogP contribution in [0.2, 0.25) is 0 Å². The van der Waals surface area contributed by atoms with Crippen molar-refractivity contribution in [3.63, 3.8) is 0 Å². The standard InChI is InChI=1S/C20H18N2O4/c1-13(23)15-8-6-14(7-9-15)12-26-19(24)11-10-18-20(25)22-17-5-3-2-4-16(17)21-18/h2-9H,10-12H2,1H3,(H,22,25). The molecule has 6 nitrogen and oxygen atoms in total. The quantitative estimate of drug-likeness (QED) is 0.545. The molecule has 0 aliphatic rings. The fourth-order valence-electron chi connectivity index (χ4n) is 2.53. The predicted octanol–water partition coefficient (Wildman–Crippen LogP) is 2.80. The lowest BCUT2D eigenvalue weighted by Gasteiger charge is -2.06. The van der Waals surface area contributed by atoms with E-state index in [-0.39, 0.29) is 30.8 Å². The molecule has 3 rings (SSSR count). The number of H-pyrrole nitrogens is 1. The van der Waals surface area contributed by atoms with Crippen molar-refractivity contribution in [1.29, 1.82) is 0 Å². The SMILES string of the molecule is CC(=O)c1ccc(COC(=O)CCc2nc3ccccc3[nH]c2=O)cc1. The summed E-state index contributed by atoms with van der Waals surface area (Å²) in [5, 5.41) is 0. The lowest BCUT2D eigenvalue weighted by atomic mass is 10.1. The molecule has 0 amide bonds. The molecule has 1 heterocycles. The average molecular weight is 350 g/mol. The molecule has 0 aliphatic heterocycles. The van der Waals surface area contributed by atoms with Crippen molar-refractivity contribution in [1.82, 2.24) is 9.97 Å². The molecule has 2 aromatic carbocycles. The maximum absolute atomic E-state index is 12.0. The number of para-hydroxylation sites is 2. The Balaban J connectivity index is 1.56. The van der Waals surface area contributed by atoms with Gasteiger partial charge in [0.2, 0.25) is 0 Å². The molecule has 0 radical (unpaired) electrons. The summed E-state index contributed by atoms with van der Waals surface area (Å²) in [6.45, 7) is 1.62. The number of ether oxygens (including phenoxy) is 1. The molecule has 0 fully saturated rings. The molecule has 3 aromatic rings. The van der Waals surface area contributed by atoms with Crippen LogP contribution in [0.3, 0.4) is 0 Å². The third-order valence-corrected chi connectivity index (χ3v) is 4.00. The van der Waals surface area contributed by atoms with E-state index in [1.165, 1.54) is 6.92 Å². The highest BCUT2D eigenvalue weighted by Crippen LogP contribution is 2.09. The summed E-state index contributed by atoms with van der Waals surface area (Å²) in [4.78, 5) is 42.2. The van der Waals surface area contributed by atoms with Crippen molar-refractivity contribution in [2.45, 2.75) is 26.4 Å². The zero-order valence-electron chi connectivity index (χ0n) is 14.3. The summed E-state index contributed by atoms with van der Waals surface area (Å²) >= 11 is 0. The molecule has 26 heavy (non-hydrogen) atoms. The highest BCUT2D eigenvalue weighted by molar-refractivity contribution is 5.94. The smallest absolute Gasteiger partial charge is 0.306 e. The van der Waals surface area contributed by atoms with Crippen molar-refractivity contribution >= 4 is 22.8 Å². The minimum atomic E-state index is -0.407. The van der Waals surface area contributed by atoms with Gasteiger partial charge in [0.15, 0.2) is 5.78 Å². The highest BCUT2D eigenvalue weighted by Gasteiger charge is 2.09. The molecule has 0 atom stereocenters. The summed E-state index contributed by atoms with van der Waals surface area (Å²) in [6, 6.07) is 14.1. The van der Waals surface area contributed by atoms with Gasteiger partial charge in [0.25, 0.3) is 5.56 Å². The maximum Gasteiger partial charge on any atom is 0.306 e. The molecule has 6 heteroatoms. The third-order valence-electron chi connectivity index (χ3n) is 4.00. The van der Waals surface area contributed by atoms with E-state index < -0.39 is 5.97 Å². The molecular formula is C20H18N2O4. The first kappa shape index (κ1) is 17.5. The number of ketones is 1. The van der Waals surface area contributed by atoms with E-state index in [9.17, 15) is 14.4 Å². The van der Waals surface area contributed by atoms with Crippen LogP contribution in [0, 0.1) is 0 Å². The van der Waals surface area contributed by atoms with Crippen molar-refractivity contribution in [2.24, 2.45) is 0 Å². The zero-order chi connectivity index (χ0) is 18.5. The van der Waals surface area contributed by atoms with Crippen LogP contribution in [0.5, 0.6) is 0 Å². The van der Waals surface area contributed by atoms with E-state index in [0.29, 0.717) is 22.3 Å². The summed E-state index contributed by atoms with van der Waals surface area (Å²) in [5.41, 5.74) is 2.77. The zero-order valence-corrected chi connectivity index (χ0v) is 14.3. The van der Waals surface area contributed by atoms with Crippen LogP contribution < -0.4 is 5.56 Å². The molecule has 1 aromatic heterocycles. The Hall–Kier alpha value is -3.28. The second-order valence-electron chi connectivity index (χ2n) is 5.94. The molecule has 0 unspecified atom stereocenters. The number of hydrogen-bond acceptors (Lipinski definition) is 5. The van der Waals surface area contributed by atoms with Crippen molar-refractivity contribution in [3.05, 3.63) is 75.7 Å². The first-order valence-corrected chi connectivity index (χ1v) is 8.26. The number of carbonyl (C=O) groups is 2. The van der Waals surface area contributed by atoms with Crippen LogP contribution in [0.25, 0.3) is 11.0 Å². The number of rotatable bonds is 6. The number of hydrogen-bond donors (Lipinski definition) is 1. The van der Waals surface area contributed by atoms with Crippen LogP contribution in [0.4, 0.5) is 0 Å². The van der Waals surface area contributed by atoms with Gasteiger partial charge in [-0.25, -0.2) is 4.98 Å². The third kappa shape index (κ3) is 4.22. The molecule has 0 saturated heterocycles. The number of aromatic nitrogens is 2. The molecule has 0 bridgehead atoms. The summed E-state index contributed by atoms with van der Waals surface area (Å²) < 4.78 is 5.21. The van der Waals surface area contributed by atoms with Gasteiger partial charge in [-0.3, -0.25) is 14.4 Å². The maximum atomic E-state index is 12.0. The first-order valence-electron chi connectivity index (χ1n) is 8.26. The van der Waals surface area contributed by atoms with Gasteiger partial charge in [-0.15, -0.1) is 0 Å². The first-order chi connectivity index (χ1) is 12.5. The van der Waals surface area contributed by atoms with E-state index in [1.807, 2.05) is 12.1 Å². The van der Waals surface area contributed by atoms with Crippen LogP contribution in [-0.2, 0) is 22.6 Å². The predicted molar refractivity (Wildman–Crippen MR) is 96.9 cm³/mol. The van der Waals surface area contributed by atoms with Gasteiger partial charge < -0.3 is 9.72 Å². The number of esters is 1. The Morgan fingerprint density at radius 3 is 2.54 bits per heavy atom. The van der Waals surface area contributed by atoms with Gasteiger partial charge in [-0.2, -0.15) is 0 Å². The van der Waals surface area contributed by atoms with Gasteiger partial charge in [0.05, 0.1) is 17.5 Å². The number of nitrogens with zero attached hydrogens (tertiary/aromatic N) is 1. The number of aromatic amines is 1. The van der Waals surface area contributed by atoms with Gasteiger partial charge in [-0.05, 0) is 24.6 Å². The lowest BCUT2D eigenvalue weighted by Crippen LogP contribution is -2.17. The van der Waals surface area contributed by atoms with E-state index in [1.54, 1.807) is 36.4 Å². The molecule has 1 N–H and O–H groups in total. The van der Waals surface area contributed by atoms with Crippen molar-refractivity contribution in [3.8, 4) is 0 Å². The number of Topliss-reactive ketones (excluding diaryl/α,β-unsaturated/α-hetero) is 1. The summed E-state index contributed by atoms with van der Waals surface area (Å²) in [7, 11) is 0. The van der Waals surface area contributed by atoms with Crippen LogP contribution in [-0.4, -0.2) is 21.7 Å². The van der Waals surface area contributed by atoms with E-state index >= 15 is 0 Å². The largest absolute Gasteiger partial charge is 0.461 e. The highest BCUT2D eigenvalue weighted by atomic mass is 16.5. The topological polar surface area (TPSA) is 89.1 Å². The number of carbonyl (C=O) groups excluding carboxylic acids is 2. The fourth-order valence-corrected chi connectivity index (χ4v) is 2.53. The van der Waals surface area contributed by atoms with Gasteiger partial charge >= 0.3 is 5.97 Å². The van der Waals surface area contributed by atoms with E-state index in [4.69, 9.17) is 4.74 Å². The Labute approximate surface area is 149 Å². The Morgan fingerprint density at radius 2 is 1.81 bits per heavy atom. The summed E-state index contributed by atoms with van der Waals surface area (Å²) in [6.07, 6.45) is 0.280. The fraction of sp³-hybridized carbons (Fsp3) is 0.200. The minimum Gasteiger partial charge on any atom is -0.461 e. The molecular weight excluding hydrogens is 332 g/mol. The Kier molecular flexibility index (Phi) is 5.22. The second-order valence-corrected chi connectivity index (χ2v) is 5.94. The lowest BCUT2D eigenvalue weighted by molar-refractivity contribution is -0.144. The Morgan fingerprint density at radius 1 is 1.08 bits per heavy atom. The van der Waals surface area contributed by atoms with Crippen molar-refractivity contribution < 1.29 is 14.3 Å². The monoisotopic (exact) mass is 350 g/mol.